The van der Waals surface area contributed by atoms with Crippen LogP contribution in [0.15, 0.2) is 24.3 Å². The number of hydrogen-bond donors (Lipinski definition) is 1. The van der Waals surface area contributed by atoms with E-state index in [1.807, 2.05) is 24.3 Å². The highest BCUT2D eigenvalue weighted by molar-refractivity contribution is 7.05. The van der Waals surface area contributed by atoms with Crippen LogP contribution in [0.2, 0.25) is 0 Å². The van der Waals surface area contributed by atoms with Crippen LogP contribution in [0.3, 0.4) is 0 Å². The van der Waals surface area contributed by atoms with Crippen LogP contribution in [0.4, 0.5) is 0 Å². The lowest BCUT2D eigenvalue weighted by molar-refractivity contribution is -0.138. The predicted octanol–water partition coefficient (Wildman–Crippen LogP) is 2.84. The number of benzene rings is 1. The van der Waals surface area contributed by atoms with Crippen LogP contribution >= 0.6 is 11.5 Å². The molecular weight excluding hydrogens is 288 g/mol. The molecule has 1 aliphatic carbocycles. The lowest BCUT2D eigenvalue weighted by Gasteiger charge is -2.10. The average Bonchev–Trinajstić information content (AvgIpc) is 3.23. The number of carboxylic acid groups (broad SMARTS) is 1. The number of carbonyl (C=O) groups is 1. The topological polar surface area (TPSA) is 72.3 Å². The highest BCUT2D eigenvalue weighted by Gasteiger charge is 2.31. The summed E-state index contributed by atoms with van der Waals surface area (Å²) in [7, 11) is 1.60. The van der Waals surface area contributed by atoms with Gasteiger partial charge >= 0.3 is 5.97 Å². The first-order valence-corrected chi connectivity index (χ1v) is 7.64. The average molecular weight is 304 g/mol. The van der Waals surface area contributed by atoms with Crippen molar-refractivity contribution in [2.24, 2.45) is 0 Å². The van der Waals surface area contributed by atoms with Crippen molar-refractivity contribution in [1.29, 1.82) is 0 Å². The van der Waals surface area contributed by atoms with Gasteiger partial charge in [0, 0.05) is 5.92 Å². The maximum absolute atomic E-state index is 11.6. The molecule has 0 radical (unpaired) electrons. The Morgan fingerprint density at radius 2 is 2.33 bits per heavy atom. The van der Waals surface area contributed by atoms with Crippen LogP contribution in [-0.4, -0.2) is 27.5 Å². The first-order valence-electron chi connectivity index (χ1n) is 6.86. The summed E-state index contributed by atoms with van der Waals surface area (Å²) in [5.74, 6) is 0.471. The number of nitrogens with zero attached hydrogens (tertiary/aromatic N) is 2. The maximum atomic E-state index is 11.6. The normalized spacial score (nSPS) is 15.7. The van der Waals surface area contributed by atoms with Crippen LogP contribution < -0.4 is 4.74 Å². The van der Waals surface area contributed by atoms with E-state index in [1.165, 1.54) is 11.5 Å². The number of methoxy groups -OCH3 is 1. The van der Waals surface area contributed by atoms with Crippen molar-refractivity contribution in [2.75, 3.05) is 7.11 Å². The number of hydrogen-bond acceptors (Lipinski definition) is 5. The Morgan fingerprint density at radius 1 is 1.52 bits per heavy atom. The van der Waals surface area contributed by atoms with E-state index in [9.17, 15) is 9.90 Å². The lowest BCUT2D eigenvalue weighted by atomic mass is 10.00. The van der Waals surface area contributed by atoms with Gasteiger partial charge in [-0.1, -0.05) is 12.1 Å². The van der Waals surface area contributed by atoms with Gasteiger partial charge < -0.3 is 9.84 Å². The van der Waals surface area contributed by atoms with Crippen molar-refractivity contribution in [3.63, 3.8) is 0 Å². The molecule has 1 heterocycles. The van der Waals surface area contributed by atoms with Gasteiger partial charge in [-0.05, 0) is 48.5 Å². The molecule has 0 aliphatic heterocycles. The van der Waals surface area contributed by atoms with E-state index in [0.717, 1.165) is 30.0 Å². The fourth-order valence-corrected chi connectivity index (χ4v) is 3.03. The summed E-state index contributed by atoms with van der Waals surface area (Å²) in [5, 5.41) is 10.1. The number of aromatic nitrogens is 2. The van der Waals surface area contributed by atoms with E-state index in [-0.39, 0.29) is 0 Å². The largest absolute Gasteiger partial charge is 0.497 e. The highest BCUT2D eigenvalue weighted by Crippen LogP contribution is 2.39. The molecule has 0 saturated heterocycles. The first-order chi connectivity index (χ1) is 10.2. The van der Waals surface area contributed by atoms with Gasteiger partial charge in [0.25, 0.3) is 0 Å². The second kappa shape index (κ2) is 5.81. The quantitative estimate of drug-likeness (QED) is 0.888. The molecule has 0 amide bonds. The molecule has 2 aromatic rings. The molecule has 21 heavy (non-hydrogen) atoms. The molecule has 5 nitrogen and oxygen atoms in total. The zero-order valence-electron chi connectivity index (χ0n) is 11.7. The minimum Gasteiger partial charge on any atom is -0.497 e. The van der Waals surface area contributed by atoms with Crippen LogP contribution in [0, 0.1) is 0 Å². The molecule has 1 aromatic carbocycles. The summed E-state index contributed by atoms with van der Waals surface area (Å²) in [6.07, 6.45) is 2.62. The SMILES string of the molecule is COc1cccc(CC(C(=O)O)c2nc(C3CC3)ns2)c1. The summed E-state index contributed by atoms with van der Waals surface area (Å²) >= 11 is 1.21. The van der Waals surface area contributed by atoms with Gasteiger partial charge in [-0.15, -0.1) is 0 Å². The standard InChI is InChI=1S/C15H16N2O3S/c1-20-11-4-2-3-9(7-11)8-12(15(18)19)14-16-13(17-21-14)10-5-6-10/h2-4,7,10,12H,5-6,8H2,1H3,(H,18,19). The van der Waals surface area contributed by atoms with Gasteiger partial charge in [0.15, 0.2) is 0 Å². The van der Waals surface area contributed by atoms with Crippen LogP contribution in [0.5, 0.6) is 5.75 Å². The smallest absolute Gasteiger partial charge is 0.313 e. The molecule has 1 fully saturated rings. The van der Waals surface area contributed by atoms with Crippen molar-refractivity contribution in [3.05, 3.63) is 40.7 Å². The fraction of sp³-hybridized carbons (Fsp3) is 0.400. The third kappa shape index (κ3) is 3.21. The Hall–Kier alpha value is -1.95. The highest BCUT2D eigenvalue weighted by atomic mass is 32.1. The predicted molar refractivity (Wildman–Crippen MR) is 79.0 cm³/mol. The van der Waals surface area contributed by atoms with Gasteiger partial charge in [0.1, 0.15) is 22.5 Å². The zero-order chi connectivity index (χ0) is 14.8. The Labute approximate surface area is 126 Å². The molecule has 1 aliphatic rings. The number of rotatable bonds is 6. The maximum Gasteiger partial charge on any atom is 0.313 e. The molecule has 6 heteroatoms. The van der Waals surface area contributed by atoms with Crippen molar-refractivity contribution in [1.82, 2.24) is 9.36 Å². The van der Waals surface area contributed by atoms with Gasteiger partial charge in [0.2, 0.25) is 0 Å². The minimum absolute atomic E-state index is 0.395. The van der Waals surface area contributed by atoms with Crippen LogP contribution in [0.25, 0.3) is 0 Å². The van der Waals surface area contributed by atoms with E-state index in [4.69, 9.17) is 4.74 Å². The second-order valence-electron chi connectivity index (χ2n) is 5.21. The molecule has 0 bridgehead atoms. The number of ether oxygens (including phenoxy) is 1. The Bertz CT molecular complexity index is 652. The summed E-state index contributed by atoms with van der Waals surface area (Å²) in [6, 6.07) is 7.47. The molecule has 3 rings (SSSR count). The molecular formula is C15H16N2O3S. The van der Waals surface area contributed by atoms with Crippen molar-refractivity contribution >= 4 is 17.5 Å². The van der Waals surface area contributed by atoms with Crippen LogP contribution in [-0.2, 0) is 11.2 Å². The van der Waals surface area contributed by atoms with Gasteiger partial charge in [-0.25, -0.2) is 4.98 Å². The third-order valence-corrected chi connectivity index (χ3v) is 4.41. The monoisotopic (exact) mass is 304 g/mol. The molecule has 1 unspecified atom stereocenters. The third-order valence-electron chi connectivity index (χ3n) is 3.57. The molecule has 1 saturated carbocycles. The van der Waals surface area contributed by atoms with Crippen molar-refractivity contribution in [3.8, 4) is 5.75 Å². The van der Waals surface area contributed by atoms with Gasteiger partial charge in [-0.2, -0.15) is 4.37 Å². The number of carboxylic acids is 1. The fourth-order valence-electron chi connectivity index (χ4n) is 2.21. The van der Waals surface area contributed by atoms with Crippen LogP contribution in [0.1, 0.15) is 41.1 Å². The lowest BCUT2D eigenvalue weighted by Crippen LogP contribution is -2.14. The number of aliphatic carboxylic acids is 1. The van der Waals surface area contributed by atoms with E-state index >= 15 is 0 Å². The van der Waals surface area contributed by atoms with E-state index in [0.29, 0.717) is 17.3 Å². The first kappa shape index (κ1) is 14.0. The Kier molecular flexibility index (Phi) is 3.88. The molecule has 1 atom stereocenters. The van der Waals surface area contributed by atoms with Gasteiger partial charge in [-0.3, -0.25) is 4.79 Å². The van der Waals surface area contributed by atoms with Crippen molar-refractivity contribution in [2.45, 2.75) is 31.1 Å². The van der Waals surface area contributed by atoms with Crippen molar-refractivity contribution < 1.29 is 14.6 Å². The Balaban J connectivity index is 1.81. The van der Waals surface area contributed by atoms with E-state index < -0.39 is 11.9 Å². The zero-order valence-corrected chi connectivity index (χ0v) is 12.5. The van der Waals surface area contributed by atoms with E-state index in [2.05, 4.69) is 9.36 Å². The summed E-state index contributed by atoms with van der Waals surface area (Å²) in [5.41, 5.74) is 0.921. The molecule has 110 valence electrons. The summed E-state index contributed by atoms with van der Waals surface area (Å²) in [4.78, 5) is 16.0. The Morgan fingerprint density at radius 3 is 3.00 bits per heavy atom. The molecule has 1 aromatic heterocycles. The molecule has 0 spiro atoms. The van der Waals surface area contributed by atoms with Gasteiger partial charge in [0.05, 0.1) is 7.11 Å². The van der Waals surface area contributed by atoms with E-state index in [1.54, 1.807) is 7.11 Å². The minimum atomic E-state index is -0.865. The second-order valence-corrected chi connectivity index (χ2v) is 5.99. The summed E-state index contributed by atoms with van der Waals surface area (Å²) < 4.78 is 9.47. The molecule has 1 N–H and O–H groups in total. The summed E-state index contributed by atoms with van der Waals surface area (Å²) in [6.45, 7) is 0.